The van der Waals surface area contributed by atoms with Gasteiger partial charge in [-0.3, -0.25) is 0 Å². The fraction of sp³-hybridized carbons (Fsp3) is 0.294. The van der Waals surface area contributed by atoms with Crippen molar-refractivity contribution in [1.82, 2.24) is 0 Å². The first-order chi connectivity index (χ1) is 8.99. The number of hydrogen-bond donors (Lipinski definition) is 2. The van der Waals surface area contributed by atoms with Gasteiger partial charge in [0.15, 0.2) is 0 Å². The molecule has 100 valence electrons. The van der Waals surface area contributed by atoms with Crippen molar-refractivity contribution < 1.29 is 5.11 Å². The second kappa shape index (κ2) is 5.35. The van der Waals surface area contributed by atoms with Crippen LogP contribution < -0.4 is 5.32 Å². The second-order valence-corrected chi connectivity index (χ2v) is 5.18. The zero-order valence-corrected chi connectivity index (χ0v) is 12.0. The maximum absolute atomic E-state index is 9.97. The molecule has 1 atom stereocenters. The molecule has 2 aromatic carbocycles. The number of aromatic hydroxyl groups is 1. The van der Waals surface area contributed by atoms with Crippen molar-refractivity contribution in [3.8, 4) is 5.75 Å². The lowest BCUT2D eigenvalue weighted by Crippen LogP contribution is -2.08. The number of phenols is 1. The number of rotatable bonds is 3. The lowest BCUT2D eigenvalue weighted by Gasteiger charge is -2.19. The SMILES string of the molecule is Cc1cccc(C(C)Nc2ccc(C)c(O)c2C)c1. The number of benzene rings is 2. The molecule has 0 heterocycles. The molecule has 0 aliphatic rings. The van der Waals surface area contributed by atoms with E-state index < -0.39 is 0 Å². The summed E-state index contributed by atoms with van der Waals surface area (Å²) in [6.45, 7) is 8.08. The van der Waals surface area contributed by atoms with Crippen LogP contribution in [0.4, 0.5) is 5.69 Å². The Labute approximate surface area is 115 Å². The van der Waals surface area contributed by atoms with E-state index in [-0.39, 0.29) is 6.04 Å². The van der Waals surface area contributed by atoms with Crippen LogP contribution in [0.25, 0.3) is 0 Å². The molecule has 0 fully saturated rings. The van der Waals surface area contributed by atoms with E-state index in [1.165, 1.54) is 11.1 Å². The molecule has 2 rings (SSSR count). The molecule has 0 aromatic heterocycles. The van der Waals surface area contributed by atoms with Crippen molar-refractivity contribution in [3.63, 3.8) is 0 Å². The highest BCUT2D eigenvalue weighted by atomic mass is 16.3. The molecule has 0 spiro atoms. The van der Waals surface area contributed by atoms with E-state index in [1.54, 1.807) is 0 Å². The van der Waals surface area contributed by atoms with Gasteiger partial charge in [0.05, 0.1) is 0 Å². The number of nitrogens with one attached hydrogen (secondary N) is 1. The van der Waals surface area contributed by atoms with Gasteiger partial charge >= 0.3 is 0 Å². The molecule has 0 aliphatic heterocycles. The first kappa shape index (κ1) is 13.5. The second-order valence-electron chi connectivity index (χ2n) is 5.18. The van der Waals surface area contributed by atoms with Crippen molar-refractivity contribution in [2.45, 2.75) is 33.7 Å². The number of aryl methyl sites for hydroxylation is 2. The molecule has 2 heteroatoms. The normalized spacial score (nSPS) is 12.2. The molecule has 1 unspecified atom stereocenters. The van der Waals surface area contributed by atoms with Crippen LogP contribution in [0.3, 0.4) is 0 Å². The average Bonchev–Trinajstić information content (AvgIpc) is 2.39. The minimum atomic E-state index is 0.209. The van der Waals surface area contributed by atoms with Gasteiger partial charge in [-0.2, -0.15) is 0 Å². The molecule has 2 aromatic rings. The molecule has 2 N–H and O–H groups in total. The van der Waals surface area contributed by atoms with Crippen LogP contribution in [0.2, 0.25) is 0 Å². The average molecular weight is 255 g/mol. The summed E-state index contributed by atoms with van der Waals surface area (Å²) >= 11 is 0. The maximum atomic E-state index is 9.97. The monoisotopic (exact) mass is 255 g/mol. The summed E-state index contributed by atoms with van der Waals surface area (Å²) in [7, 11) is 0. The van der Waals surface area contributed by atoms with Gasteiger partial charge in [0.1, 0.15) is 5.75 Å². The van der Waals surface area contributed by atoms with Gasteiger partial charge in [-0.05, 0) is 44.9 Å². The van der Waals surface area contributed by atoms with Crippen LogP contribution in [0, 0.1) is 20.8 Å². The zero-order valence-electron chi connectivity index (χ0n) is 12.0. The first-order valence-electron chi connectivity index (χ1n) is 6.61. The third kappa shape index (κ3) is 2.90. The Balaban J connectivity index is 2.24. The quantitative estimate of drug-likeness (QED) is 0.847. The van der Waals surface area contributed by atoms with Crippen molar-refractivity contribution in [3.05, 3.63) is 58.7 Å². The van der Waals surface area contributed by atoms with E-state index >= 15 is 0 Å². The minimum absolute atomic E-state index is 0.209. The van der Waals surface area contributed by atoms with Gasteiger partial charge in [-0.15, -0.1) is 0 Å². The molecule has 0 saturated carbocycles. The Kier molecular flexibility index (Phi) is 3.79. The lowest BCUT2D eigenvalue weighted by molar-refractivity contribution is 0.467. The summed E-state index contributed by atoms with van der Waals surface area (Å²) in [6.07, 6.45) is 0. The Morgan fingerprint density at radius 2 is 1.79 bits per heavy atom. The molecule has 19 heavy (non-hydrogen) atoms. The fourth-order valence-corrected chi connectivity index (χ4v) is 2.25. The number of hydrogen-bond acceptors (Lipinski definition) is 2. The Morgan fingerprint density at radius 1 is 1.05 bits per heavy atom. The summed E-state index contributed by atoms with van der Waals surface area (Å²) in [5.74, 6) is 0.376. The largest absolute Gasteiger partial charge is 0.507 e. The van der Waals surface area contributed by atoms with Crippen molar-refractivity contribution in [2.75, 3.05) is 5.32 Å². The van der Waals surface area contributed by atoms with Crippen LogP contribution in [-0.4, -0.2) is 5.11 Å². The predicted octanol–water partition coefficient (Wildman–Crippen LogP) is 4.49. The third-order valence-corrected chi connectivity index (χ3v) is 3.55. The molecule has 0 aliphatic carbocycles. The fourth-order valence-electron chi connectivity index (χ4n) is 2.25. The van der Waals surface area contributed by atoms with Gasteiger partial charge in [0.25, 0.3) is 0 Å². The van der Waals surface area contributed by atoms with Crippen LogP contribution in [0.1, 0.15) is 35.2 Å². The van der Waals surface area contributed by atoms with Crippen LogP contribution >= 0.6 is 0 Å². The molecular formula is C17H21NO. The van der Waals surface area contributed by atoms with Gasteiger partial charge in [0.2, 0.25) is 0 Å². The Bertz CT molecular complexity index is 590. The van der Waals surface area contributed by atoms with Gasteiger partial charge in [-0.1, -0.05) is 35.9 Å². The van der Waals surface area contributed by atoms with Crippen LogP contribution in [-0.2, 0) is 0 Å². The van der Waals surface area contributed by atoms with Gasteiger partial charge in [0, 0.05) is 17.3 Å². The smallest absolute Gasteiger partial charge is 0.123 e. The highest BCUT2D eigenvalue weighted by molar-refractivity contribution is 5.59. The van der Waals surface area contributed by atoms with Crippen LogP contribution in [0.5, 0.6) is 5.75 Å². The summed E-state index contributed by atoms with van der Waals surface area (Å²) < 4.78 is 0. The first-order valence-corrected chi connectivity index (χ1v) is 6.61. The topological polar surface area (TPSA) is 32.3 Å². The van der Waals surface area contributed by atoms with Crippen molar-refractivity contribution in [1.29, 1.82) is 0 Å². The van der Waals surface area contributed by atoms with E-state index in [4.69, 9.17) is 0 Å². The zero-order chi connectivity index (χ0) is 14.0. The highest BCUT2D eigenvalue weighted by Gasteiger charge is 2.10. The van der Waals surface area contributed by atoms with E-state index in [1.807, 2.05) is 26.0 Å². The number of anilines is 1. The predicted molar refractivity (Wildman–Crippen MR) is 80.8 cm³/mol. The van der Waals surface area contributed by atoms with E-state index in [0.29, 0.717) is 5.75 Å². The third-order valence-electron chi connectivity index (χ3n) is 3.55. The molecule has 0 amide bonds. The highest BCUT2D eigenvalue weighted by Crippen LogP contribution is 2.30. The van der Waals surface area contributed by atoms with Crippen LogP contribution in [0.15, 0.2) is 36.4 Å². The Hall–Kier alpha value is -1.96. The standard InChI is InChI=1S/C17H21NO/c1-11-6-5-7-15(10-11)14(4)18-16-9-8-12(2)17(19)13(16)3/h5-10,14,18-19H,1-4H3. The summed E-state index contributed by atoms with van der Waals surface area (Å²) in [4.78, 5) is 0. The van der Waals surface area contributed by atoms with E-state index in [9.17, 15) is 5.11 Å². The molecular weight excluding hydrogens is 234 g/mol. The summed E-state index contributed by atoms with van der Waals surface area (Å²) in [6, 6.07) is 12.6. The van der Waals surface area contributed by atoms with Crippen molar-refractivity contribution in [2.24, 2.45) is 0 Å². The molecule has 2 nitrogen and oxygen atoms in total. The summed E-state index contributed by atoms with van der Waals surface area (Å²) in [5.41, 5.74) is 5.30. The van der Waals surface area contributed by atoms with Crippen molar-refractivity contribution >= 4 is 5.69 Å². The minimum Gasteiger partial charge on any atom is -0.507 e. The molecule has 0 radical (unpaired) electrons. The lowest BCUT2D eigenvalue weighted by atomic mass is 10.0. The van der Waals surface area contributed by atoms with E-state index in [2.05, 4.69) is 43.4 Å². The van der Waals surface area contributed by atoms with Gasteiger partial charge < -0.3 is 10.4 Å². The number of phenolic OH excluding ortho intramolecular Hbond substituents is 1. The Morgan fingerprint density at radius 3 is 2.47 bits per heavy atom. The van der Waals surface area contributed by atoms with E-state index in [0.717, 1.165) is 16.8 Å². The molecule has 0 bridgehead atoms. The maximum Gasteiger partial charge on any atom is 0.123 e. The summed E-state index contributed by atoms with van der Waals surface area (Å²) in [5, 5.41) is 13.4. The molecule has 0 saturated heterocycles. The van der Waals surface area contributed by atoms with Gasteiger partial charge in [-0.25, -0.2) is 0 Å².